The van der Waals surface area contributed by atoms with E-state index in [-0.39, 0.29) is 12.7 Å². The van der Waals surface area contributed by atoms with Gasteiger partial charge in [0.2, 0.25) is 6.79 Å². The van der Waals surface area contributed by atoms with Gasteiger partial charge in [0.05, 0.1) is 27.9 Å². The number of aromatic nitrogens is 2. The molecule has 0 fully saturated rings. The van der Waals surface area contributed by atoms with Gasteiger partial charge < -0.3 is 14.0 Å². The number of ether oxygens (including phenoxy) is 2. The van der Waals surface area contributed by atoms with Crippen LogP contribution in [-0.4, -0.2) is 16.3 Å². The predicted molar refractivity (Wildman–Crippen MR) is 83.9 cm³/mol. The Balaban J connectivity index is 1.94. The van der Waals surface area contributed by atoms with E-state index < -0.39 is 0 Å². The fraction of sp³-hybridized carbons (Fsp3) is 0.250. The van der Waals surface area contributed by atoms with E-state index in [9.17, 15) is 0 Å². The van der Waals surface area contributed by atoms with Gasteiger partial charge in [0.1, 0.15) is 0 Å². The van der Waals surface area contributed by atoms with Gasteiger partial charge in [-0.3, -0.25) is 0 Å². The highest BCUT2D eigenvalue weighted by Crippen LogP contribution is 2.38. The summed E-state index contributed by atoms with van der Waals surface area (Å²) in [5.74, 6) is 2.25. The maximum atomic E-state index is 9.16. The fourth-order valence-electron chi connectivity index (χ4n) is 2.61. The first-order valence-electron chi connectivity index (χ1n) is 6.99. The zero-order chi connectivity index (χ0) is 15.1. The van der Waals surface area contributed by atoms with Crippen LogP contribution < -0.4 is 9.47 Å². The van der Waals surface area contributed by atoms with Crippen molar-refractivity contribution in [3.8, 4) is 28.3 Å². The second kappa shape index (κ2) is 5.04. The van der Waals surface area contributed by atoms with E-state index in [4.69, 9.17) is 19.7 Å². The van der Waals surface area contributed by atoms with Gasteiger partial charge in [-0.15, -0.1) is 11.3 Å². The Morgan fingerprint density at radius 3 is 2.95 bits per heavy atom. The van der Waals surface area contributed by atoms with Crippen molar-refractivity contribution in [3.63, 3.8) is 0 Å². The Morgan fingerprint density at radius 2 is 2.23 bits per heavy atom. The normalized spacial score (nSPS) is 14.2. The van der Waals surface area contributed by atoms with Crippen LogP contribution in [0.5, 0.6) is 11.5 Å². The van der Waals surface area contributed by atoms with Crippen LogP contribution in [0.4, 0.5) is 0 Å². The second-order valence-electron chi connectivity index (χ2n) is 5.25. The maximum absolute atomic E-state index is 9.16. The van der Waals surface area contributed by atoms with Gasteiger partial charge in [0.15, 0.2) is 17.3 Å². The zero-order valence-corrected chi connectivity index (χ0v) is 12.8. The van der Waals surface area contributed by atoms with Crippen LogP contribution in [0.3, 0.4) is 0 Å². The summed E-state index contributed by atoms with van der Waals surface area (Å²) in [5, 5.41) is 11.2. The summed E-state index contributed by atoms with van der Waals surface area (Å²) in [4.78, 5) is 5.83. The van der Waals surface area contributed by atoms with E-state index in [1.54, 1.807) is 11.3 Å². The summed E-state index contributed by atoms with van der Waals surface area (Å²) in [6, 6.07) is 10.2. The molecule has 3 heterocycles. The van der Waals surface area contributed by atoms with Crippen molar-refractivity contribution in [2.24, 2.45) is 5.92 Å². The Morgan fingerprint density at radius 1 is 1.41 bits per heavy atom. The first-order valence-corrected chi connectivity index (χ1v) is 7.87. The number of hydrogen-bond acceptors (Lipinski definition) is 5. The molecule has 1 aromatic carbocycles. The van der Waals surface area contributed by atoms with E-state index in [0.717, 1.165) is 33.2 Å². The number of hydrogen-bond donors (Lipinski definition) is 0. The summed E-state index contributed by atoms with van der Waals surface area (Å²) in [6.07, 6.45) is 0. The number of rotatable bonds is 3. The predicted octanol–water partition coefficient (Wildman–Crippen LogP) is 3.65. The van der Waals surface area contributed by atoms with Crippen LogP contribution >= 0.6 is 11.3 Å². The molecule has 0 radical (unpaired) electrons. The van der Waals surface area contributed by atoms with Crippen LogP contribution in [0.1, 0.15) is 6.92 Å². The van der Waals surface area contributed by atoms with E-state index in [0.29, 0.717) is 6.54 Å². The molecule has 0 bridgehead atoms. The average Bonchev–Trinajstić information content (AvgIpc) is 3.24. The summed E-state index contributed by atoms with van der Waals surface area (Å²) in [5.41, 5.74) is 1.83. The van der Waals surface area contributed by atoms with Crippen LogP contribution in [0.25, 0.3) is 21.7 Å². The molecule has 0 N–H and O–H groups in total. The first kappa shape index (κ1) is 13.2. The molecule has 110 valence electrons. The Bertz CT molecular complexity index is 877. The van der Waals surface area contributed by atoms with Gasteiger partial charge in [0, 0.05) is 18.7 Å². The van der Waals surface area contributed by atoms with E-state index in [1.165, 1.54) is 0 Å². The topological polar surface area (TPSA) is 60.1 Å². The Hall–Kier alpha value is -2.52. The van der Waals surface area contributed by atoms with Crippen LogP contribution in [0.2, 0.25) is 0 Å². The van der Waals surface area contributed by atoms with Gasteiger partial charge in [-0.05, 0) is 18.4 Å². The molecule has 1 atom stereocenters. The molecule has 1 aliphatic rings. The minimum Gasteiger partial charge on any atom is -0.454 e. The van der Waals surface area contributed by atoms with Gasteiger partial charge >= 0.3 is 0 Å². The monoisotopic (exact) mass is 311 g/mol. The molecule has 1 aliphatic heterocycles. The first-order chi connectivity index (χ1) is 10.8. The van der Waals surface area contributed by atoms with E-state index >= 15 is 0 Å². The van der Waals surface area contributed by atoms with Crippen LogP contribution in [0.15, 0.2) is 29.6 Å². The molecule has 1 unspecified atom stereocenters. The third kappa shape index (κ3) is 2.02. The lowest BCUT2D eigenvalue weighted by atomic mass is 10.2. The minimum atomic E-state index is -0.0958. The highest BCUT2D eigenvalue weighted by Gasteiger charge is 2.21. The number of imidazole rings is 1. The lowest BCUT2D eigenvalue weighted by molar-refractivity contribution is 0.174. The Kier molecular flexibility index (Phi) is 3.01. The third-order valence-corrected chi connectivity index (χ3v) is 4.53. The number of nitrogens with zero attached hydrogens (tertiary/aromatic N) is 3. The molecule has 6 heteroatoms. The van der Waals surface area contributed by atoms with Crippen molar-refractivity contribution in [2.45, 2.75) is 13.5 Å². The summed E-state index contributed by atoms with van der Waals surface area (Å²) in [6.45, 7) is 2.76. The number of fused-ring (bicyclic) bond motifs is 2. The molecule has 0 saturated heterocycles. The van der Waals surface area contributed by atoms with Crippen LogP contribution in [-0.2, 0) is 6.54 Å². The Labute approximate surface area is 131 Å². The molecule has 0 amide bonds. The van der Waals surface area contributed by atoms with Crippen molar-refractivity contribution < 1.29 is 9.47 Å². The van der Waals surface area contributed by atoms with Crippen molar-refractivity contribution in [2.75, 3.05) is 6.79 Å². The molecule has 3 aromatic rings. The molecular weight excluding hydrogens is 298 g/mol. The fourth-order valence-corrected chi connectivity index (χ4v) is 3.33. The SMILES string of the molecule is CC(C#N)Cn1c(-c2cccs2)nc2cc3c(cc21)OCO3. The smallest absolute Gasteiger partial charge is 0.231 e. The highest BCUT2D eigenvalue weighted by atomic mass is 32.1. The lowest BCUT2D eigenvalue weighted by Crippen LogP contribution is -2.07. The molecular formula is C16H13N3O2S. The maximum Gasteiger partial charge on any atom is 0.231 e. The van der Waals surface area contributed by atoms with Gasteiger partial charge in [-0.25, -0.2) is 4.98 Å². The number of benzene rings is 1. The highest BCUT2D eigenvalue weighted by molar-refractivity contribution is 7.13. The summed E-state index contributed by atoms with van der Waals surface area (Å²) < 4.78 is 13.0. The largest absolute Gasteiger partial charge is 0.454 e. The average molecular weight is 311 g/mol. The standard InChI is InChI=1S/C16H13N3O2S/c1-10(7-17)8-19-12-6-14-13(20-9-21-14)5-11(12)18-16(19)15-3-2-4-22-15/h2-6,10H,8-9H2,1H3. The van der Waals surface area contributed by atoms with Crippen molar-refractivity contribution in [1.82, 2.24) is 9.55 Å². The third-order valence-electron chi connectivity index (χ3n) is 3.66. The van der Waals surface area contributed by atoms with Crippen molar-refractivity contribution in [3.05, 3.63) is 29.6 Å². The summed E-state index contributed by atoms with van der Waals surface area (Å²) in [7, 11) is 0. The lowest BCUT2D eigenvalue weighted by Gasteiger charge is -2.09. The van der Waals surface area contributed by atoms with E-state index in [2.05, 4.69) is 10.6 Å². The zero-order valence-electron chi connectivity index (χ0n) is 11.9. The molecule has 4 rings (SSSR count). The van der Waals surface area contributed by atoms with Gasteiger partial charge in [-0.2, -0.15) is 5.26 Å². The van der Waals surface area contributed by atoms with Gasteiger partial charge in [0.25, 0.3) is 0 Å². The molecule has 2 aromatic heterocycles. The molecule has 0 aliphatic carbocycles. The van der Waals surface area contributed by atoms with Gasteiger partial charge in [-0.1, -0.05) is 6.07 Å². The number of nitriles is 1. The minimum absolute atomic E-state index is 0.0958. The molecule has 0 saturated carbocycles. The van der Waals surface area contributed by atoms with Crippen LogP contribution in [0, 0.1) is 17.2 Å². The number of thiophene rings is 1. The molecule has 22 heavy (non-hydrogen) atoms. The van der Waals surface area contributed by atoms with E-state index in [1.807, 2.05) is 36.6 Å². The summed E-state index contributed by atoms with van der Waals surface area (Å²) >= 11 is 1.64. The molecule has 0 spiro atoms. The second-order valence-corrected chi connectivity index (χ2v) is 6.20. The van der Waals surface area contributed by atoms with Crippen molar-refractivity contribution >= 4 is 22.4 Å². The quantitative estimate of drug-likeness (QED) is 0.740. The molecule has 5 nitrogen and oxygen atoms in total. The van der Waals surface area contributed by atoms with Crippen molar-refractivity contribution in [1.29, 1.82) is 5.26 Å².